The topological polar surface area (TPSA) is 133 Å². The molecule has 158 valence electrons. The van der Waals surface area contributed by atoms with E-state index in [0.717, 1.165) is 18.9 Å². The van der Waals surface area contributed by atoms with Gasteiger partial charge >= 0.3 is 0 Å². The SMILES string of the molecule is COc1cc(C#N)ncc1CNC(=O)c1ncc2nc(N3CCOCC3)ccc2c1O. The van der Waals surface area contributed by atoms with Gasteiger partial charge in [-0.1, -0.05) is 0 Å². The van der Waals surface area contributed by atoms with Crippen molar-refractivity contribution in [1.82, 2.24) is 20.3 Å². The molecule has 0 spiro atoms. The molecule has 0 aliphatic carbocycles. The van der Waals surface area contributed by atoms with Gasteiger partial charge in [0.2, 0.25) is 0 Å². The van der Waals surface area contributed by atoms with Crippen LogP contribution in [-0.4, -0.2) is 59.4 Å². The van der Waals surface area contributed by atoms with E-state index in [2.05, 4.69) is 25.2 Å². The molecule has 0 aromatic carbocycles. The molecule has 10 heteroatoms. The number of methoxy groups -OCH3 is 1. The number of aromatic hydroxyl groups is 1. The zero-order chi connectivity index (χ0) is 21.8. The van der Waals surface area contributed by atoms with Crippen LogP contribution in [-0.2, 0) is 11.3 Å². The third kappa shape index (κ3) is 4.17. The maximum Gasteiger partial charge on any atom is 0.274 e. The number of hydrogen-bond donors (Lipinski definition) is 2. The Morgan fingerprint density at radius 1 is 1.32 bits per heavy atom. The Labute approximate surface area is 178 Å². The number of rotatable bonds is 5. The molecule has 0 radical (unpaired) electrons. The molecule has 0 atom stereocenters. The van der Waals surface area contributed by atoms with Gasteiger partial charge in [0.1, 0.15) is 23.3 Å². The largest absolute Gasteiger partial charge is 0.505 e. The molecule has 1 fully saturated rings. The molecule has 4 rings (SSSR count). The minimum absolute atomic E-state index is 0.0914. The van der Waals surface area contributed by atoms with Crippen LogP contribution in [0.4, 0.5) is 5.82 Å². The standard InChI is InChI=1S/C21H20N6O4/c1-30-17-8-14(9-22)23-10-13(17)11-25-21(29)19-20(28)15-2-3-18(26-16(15)12-24-19)27-4-6-31-7-5-27/h2-3,8,10,12,28H,4-7,11H2,1H3,(H,25,29). The highest BCUT2D eigenvalue weighted by atomic mass is 16.5. The van der Waals surface area contributed by atoms with E-state index in [9.17, 15) is 9.90 Å². The summed E-state index contributed by atoms with van der Waals surface area (Å²) < 4.78 is 10.6. The summed E-state index contributed by atoms with van der Waals surface area (Å²) in [5.41, 5.74) is 1.20. The van der Waals surface area contributed by atoms with Gasteiger partial charge in [0.15, 0.2) is 11.4 Å². The summed E-state index contributed by atoms with van der Waals surface area (Å²) in [5.74, 6) is 0.418. The number of morpholine rings is 1. The molecule has 3 aromatic rings. The Bertz CT molecular complexity index is 1170. The lowest BCUT2D eigenvalue weighted by atomic mass is 10.2. The van der Waals surface area contributed by atoms with Crippen LogP contribution in [0.3, 0.4) is 0 Å². The number of amides is 1. The maximum absolute atomic E-state index is 12.6. The number of carbonyl (C=O) groups excluding carboxylic acids is 1. The number of ether oxygens (including phenoxy) is 2. The van der Waals surface area contributed by atoms with E-state index in [0.29, 0.717) is 35.4 Å². The van der Waals surface area contributed by atoms with Gasteiger partial charge in [-0.15, -0.1) is 0 Å². The molecule has 3 aromatic heterocycles. The summed E-state index contributed by atoms with van der Waals surface area (Å²) in [7, 11) is 1.47. The highest BCUT2D eigenvalue weighted by Gasteiger charge is 2.19. The first-order chi connectivity index (χ1) is 15.1. The second kappa shape index (κ2) is 8.81. The van der Waals surface area contributed by atoms with Crippen molar-refractivity contribution in [2.75, 3.05) is 38.3 Å². The lowest BCUT2D eigenvalue weighted by Crippen LogP contribution is -2.36. The number of fused-ring (bicyclic) bond motifs is 1. The summed E-state index contributed by atoms with van der Waals surface area (Å²) in [5, 5.41) is 22.7. The highest BCUT2D eigenvalue weighted by Crippen LogP contribution is 2.28. The fourth-order valence-electron chi connectivity index (χ4n) is 3.32. The number of aromatic nitrogens is 3. The van der Waals surface area contributed by atoms with Crippen LogP contribution in [0.1, 0.15) is 21.7 Å². The number of nitriles is 1. The lowest BCUT2D eigenvalue weighted by Gasteiger charge is -2.27. The van der Waals surface area contributed by atoms with Crippen molar-refractivity contribution in [2.45, 2.75) is 6.54 Å². The maximum atomic E-state index is 12.6. The van der Waals surface area contributed by atoms with Crippen molar-refractivity contribution in [3.63, 3.8) is 0 Å². The smallest absolute Gasteiger partial charge is 0.274 e. The Kier molecular flexibility index (Phi) is 5.77. The zero-order valence-corrected chi connectivity index (χ0v) is 16.8. The van der Waals surface area contributed by atoms with Crippen LogP contribution in [0.2, 0.25) is 0 Å². The predicted molar refractivity (Wildman–Crippen MR) is 111 cm³/mol. The fourth-order valence-corrected chi connectivity index (χ4v) is 3.32. The lowest BCUT2D eigenvalue weighted by molar-refractivity contribution is 0.0943. The Morgan fingerprint density at radius 3 is 2.87 bits per heavy atom. The number of nitrogens with one attached hydrogen (secondary N) is 1. The van der Waals surface area contributed by atoms with E-state index in [1.165, 1.54) is 25.6 Å². The van der Waals surface area contributed by atoms with Crippen molar-refractivity contribution in [1.29, 1.82) is 5.26 Å². The van der Waals surface area contributed by atoms with Gasteiger partial charge in [0.05, 0.1) is 32.0 Å². The predicted octanol–water partition coefficient (Wildman–Crippen LogP) is 1.38. The highest BCUT2D eigenvalue weighted by molar-refractivity contribution is 6.00. The normalized spacial score (nSPS) is 13.6. The van der Waals surface area contributed by atoms with Gasteiger partial charge in [0, 0.05) is 42.8 Å². The first-order valence-electron chi connectivity index (χ1n) is 9.63. The number of nitrogens with zero attached hydrogens (tertiary/aromatic N) is 5. The van der Waals surface area contributed by atoms with Crippen LogP contribution in [0, 0.1) is 11.3 Å². The van der Waals surface area contributed by atoms with Crippen molar-refractivity contribution >= 4 is 22.6 Å². The molecule has 1 amide bonds. The number of anilines is 1. The average Bonchev–Trinajstić information content (AvgIpc) is 2.83. The van der Waals surface area contributed by atoms with Crippen LogP contribution in [0.25, 0.3) is 10.9 Å². The van der Waals surface area contributed by atoms with E-state index in [-0.39, 0.29) is 23.7 Å². The van der Waals surface area contributed by atoms with E-state index in [1.807, 2.05) is 12.1 Å². The quantitative estimate of drug-likeness (QED) is 0.628. The first-order valence-corrected chi connectivity index (χ1v) is 9.63. The fraction of sp³-hybridized carbons (Fsp3) is 0.286. The van der Waals surface area contributed by atoms with Crippen LogP contribution >= 0.6 is 0 Å². The molecule has 10 nitrogen and oxygen atoms in total. The van der Waals surface area contributed by atoms with E-state index >= 15 is 0 Å². The molecule has 31 heavy (non-hydrogen) atoms. The Hall–Kier alpha value is -3.97. The van der Waals surface area contributed by atoms with E-state index in [1.54, 1.807) is 6.07 Å². The summed E-state index contributed by atoms with van der Waals surface area (Å²) >= 11 is 0. The van der Waals surface area contributed by atoms with Gasteiger partial charge in [-0.25, -0.2) is 15.0 Å². The third-order valence-corrected chi connectivity index (χ3v) is 4.97. The van der Waals surface area contributed by atoms with Gasteiger partial charge in [-0.2, -0.15) is 5.26 Å². The van der Waals surface area contributed by atoms with Crippen LogP contribution in [0.15, 0.2) is 30.6 Å². The molecule has 1 saturated heterocycles. The number of pyridine rings is 3. The number of carbonyl (C=O) groups is 1. The summed E-state index contributed by atoms with van der Waals surface area (Å²) in [4.78, 5) is 27.4. The Morgan fingerprint density at radius 2 is 2.13 bits per heavy atom. The molecule has 0 bridgehead atoms. The number of hydrogen-bond acceptors (Lipinski definition) is 9. The summed E-state index contributed by atoms with van der Waals surface area (Å²) in [6.07, 6.45) is 2.93. The molecule has 2 N–H and O–H groups in total. The first kappa shape index (κ1) is 20.3. The van der Waals surface area contributed by atoms with Gasteiger partial charge in [-0.05, 0) is 12.1 Å². The van der Waals surface area contributed by atoms with Crippen molar-refractivity contribution in [2.24, 2.45) is 0 Å². The molecule has 1 aliphatic heterocycles. The molecule has 0 unspecified atom stereocenters. The second-order valence-corrected chi connectivity index (χ2v) is 6.83. The van der Waals surface area contributed by atoms with Crippen molar-refractivity contribution in [3.05, 3.63) is 47.5 Å². The van der Waals surface area contributed by atoms with E-state index < -0.39 is 5.91 Å². The van der Waals surface area contributed by atoms with Crippen LogP contribution in [0.5, 0.6) is 11.5 Å². The van der Waals surface area contributed by atoms with Gasteiger partial charge in [-0.3, -0.25) is 4.79 Å². The average molecular weight is 420 g/mol. The van der Waals surface area contributed by atoms with Crippen molar-refractivity contribution < 1.29 is 19.4 Å². The Balaban J connectivity index is 1.53. The van der Waals surface area contributed by atoms with Crippen molar-refractivity contribution in [3.8, 4) is 17.6 Å². The van der Waals surface area contributed by atoms with Gasteiger partial charge in [0.25, 0.3) is 5.91 Å². The van der Waals surface area contributed by atoms with Gasteiger partial charge < -0.3 is 24.8 Å². The third-order valence-electron chi connectivity index (χ3n) is 4.97. The molecular weight excluding hydrogens is 400 g/mol. The minimum Gasteiger partial charge on any atom is -0.505 e. The molecule has 1 aliphatic rings. The molecule has 0 saturated carbocycles. The second-order valence-electron chi connectivity index (χ2n) is 6.83. The molecular formula is C21H20N6O4. The van der Waals surface area contributed by atoms with Crippen LogP contribution < -0.4 is 15.0 Å². The van der Waals surface area contributed by atoms with E-state index in [4.69, 9.17) is 14.7 Å². The summed E-state index contributed by atoms with van der Waals surface area (Å²) in [6.45, 7) is 2.86. The molecule has 4 heterocycles. The zero-order valence-electron chi connectivity index (χ0n) is 16.8. The minimum atomic E-state index is -0.553. The summed E-state index contributed by atoms with van der Waals surface area (Å²) in [6, 6.07) is 6.96. The monoisotopic (exact) mass is 420 g/mol.